The molecule has 2 aliphatic heterocycles. The fraction of sp³-hybridized carbons (Fsp3) is 0.435. The first-order chi connectivity index (χ1) is 14.2. The molecule has 0 aromatic heterocycles. The molecule has 2 heterocycles. The van der Waals surface area contributed by atoms with Gasteiger partial charge in [0.15, 0.2) is 0 Å². The number of carbonyl (C=O) groups is 1. The Labute approximate surface area is 172 Å². The Morgan fingerprint density at radius 1 is 1.07 bits per heavy atom. The summed E-state index contributed by atoms with van der Waals surface area (Å²) in [5.41, 5.74) is 2.60. The summed E-state index contributed by atoms with van der Waals surface area (Å²) in [5.74, 6) is 0.636. The first-order valence-corrected chi connectivity index (χ1v) is 10.4. The first kappa shape index (κ1) is 19.7. The molecule has 0 spiro atoms. The van der Waals surface area contributed by atoms with Gasteiger partial charge in [-0.1, -0.05) is 0 Å². The minimum atomic E-state index is -0.122. The van der Waals surface area contributed by atoms with Gasteiger partial charge in [-0.05, 0) is 68.4 Å². The van der Waals surface area contributed by atoms with Gasteiger partial charge >= 0.3 is 0 Å². The number of carbonyl (C=O) groups excluding carboxylic acids is 1. The minimum absolute atomic E-state index is 0.122. The Bertz CT molecular complexity index is 793. The zero-order valence-electron chi connectivity index (χ0n) is 17.0. The number of hydrogen-bond donors (Lipinski definition) is 1. The molecular formula is C23H29N3O3. The standard InChI is InChI=1S/C23H29N3O3/c1-25-12-14-26(15-13-25)20-8-6-19(7-9-20)24-23(27)18-4-10-21(11-5-18)29-17-22-3-2-16-28-22/h4-11,22H,2-3,12-17H2,1H3,(H,24,27)/t22-/m1/s1. The molecule has 1 amide bonds. The number of rotatable bonds is 6. The minimum Gasteiger partial charge on any atom is -0.491 e. The van der Waals surface area contributed by atoms with Crippen molar-refractivity contribution in [3.05, 3.63) is 54.1 Å². The van der Waals surface area contributed by atoms with Crippen molar-refractivity contribution in [2.24, 2.45) is 0 Å². The SMILES string of the molecule is CN1CCN(c2ccc(NC(=O)c3ccc(OC[C@H]4CCCO4)cc3)cc2)CC1. The second-order valence-electron chi connectivity index (χ2n) is 7.76. The lowest BCUT2D eigenvalue weighted by Gasteiger charge is -2.34. The van der Waals surface area contributed by atoms with Gasteiger partial charge in [-0.15, -0.1) is 0 Å². The number of benzene rings is 2. The smallest absolute Gasteiger partial charge is 0.255 e. The van der Waals surface area contributed by atoms with Crippen LogP contribution in [-0.2, 0) is 4.74 Å². The average molecular weight is 396 g/mol. The Morgan fingerprint density at radius 3 is 2.45 bits per heavy atom. The number of ether oxygens (including phenoxy) is 2. The Morgan fingerprint density at radius 2 is 1.79 bits per heavy atom. The van der Waals surface area contributed by atoms with E-state index in [0.29, 0.717) is 12.2 Å². The van der Waals surface area contributed by atoms with Crippen molar-refractivity contribution in [3.8, 4) is 5.75 Å². The largest absolute Gasteiger partial charge is 0.491 e. The van der Waals surface area contributed by atoms with Gasteiger partial charge in [0.2, 0.25) is 0 Å². The lowest BCUT2D eigenvalue weighted by Crippen LogP contribution is -2.44. The highest BCUT2D eigenvalue weighted by Crippen LogP contribution is 2.21. The van der Waals surface area contributed by atoms with Crippen LogP contribution in [0.4, 0.5) is 11.4 Å². The maximum absolute atomic E-state index is 12.5. The third kappa shape index (κ3) is 5.28. The summed E-state index contributed by atoms with van der Waals surface area (Å²) in [4.78, 5) is 17.2. The summed E-state index contributed by atoms with van der Waals surface area (Å²) >= 11 is 0. The lowest BCUT2D eigenvalue weighted by molar-refractivity contribution is 0.0679. The van der Waals surface area contributed by atoms with Crippen molar-refractivity contribution in [1.29, 1.82) is 0 Å². The van der Waals surface area contributed by atoms with E-state index in [2.05, 4.69) is 34.3 Å². The van der Waals surface area contributed by atoms with Crippen molar-refractivity contribution < 1.29 is 14.3 Å². The summed E-state index contributed by atoms with van der Waals surface area (Å²) in [5, 5.41) is 2.97. The fourth-order valence-electron chi connectivity index (χ4n) is 3.69. The molecule has 0 unspecified atom stereocenters. The summed E-state index contributed by atoms with van der Waals surface area (Å²) < 4.78 is 11.3. The van der Waals surface area contributed by atoms with E-state index in [0.717, 1.165) is 57.1 Å². The van der Waals surface area contributed by atoms with Crippen LogP contribution in [0.25, 0.3) is 0 Å². The molecule has 6 nitrogen and oxygen atoms in total. The number of piperazine rings is 1. The van der Waals surface area contributed by atoms with Crippen molar-refractivity contribution >= 4 is 17.3 Å². The molecule has 2 aromatic carbocycles. The quantitative estimate of drug-likeness (QED) is 0.814. The zero-order chi connectivity index (χ0) is 20.1. The topological polar surface area (TPSA) is 54.0 Å². The monoisotopic (exact) mass is 395 g/mol. The maximum atomic E-state index is 12.5. The molecule has 2 saturated heterocycles. The van der Waals surface area contributed by atoms with Crippen LogP contribution in [-0.4, -0.2) is 63.4 Å². The van der Waals surface area contributed by atoms with Gasteiger partial charge < -0.3 is 24.6 Å². The second-order valence-corrected chi connectivity index (χ2v) is 7.76. The van der Waals surface area contributed by atoms with Crippen LogP contribution in [0.15, 0.2) is 48.5 Å². The average Bonchev–Trinajstić information content (AvgIpc) is 3.27. The number of likely N-dealkylation sites (N-methyl/N-ethyl adjacent to an activating group) is 1. The molecule has 29 heavy (non-hydrogen) atoms. The summed E-state index contributed by atoms with van der Waals surface area (Å²) in [7, 11) is 2.15. The van der Waals surface area contributed by atoms with Gasteiger partial charge in [-0.3, -0.25) is 4.79 Å². The molecule has 0 radical (unpaired) electrons. The molecule has 2 fully saturated rings. The Kier molecular flexibility index (Phi) is 6.32. The van der Waals surface area contributed by atoms with Crippen LogP contribution >= 0.6 is 0 Å². The molecule has 0 bridgehead atoms. The number of anilines is 2. The van der Waals surface area contributed by atoms with Crippen LogP contribution in [0.1, 0.15) is 23.2 Å². The number of nitrogens with zero attached hydrogens (tertiary/aromatic N) is 2. The van der Waals surface area contributed by atoms with Crippen LogP contribution in [0, 0.1) is 0 Å². The van der Waals surface area contributed by atoms with E-state index < -0.39 is 0 Å². The molecule has 154 valence electrons. The predicted molar refractivity (Wildman–Crippen MR) is 115 cm³/mol. The van der Waals surface area contributed by atoms with Gasteiger partial charge in [-0.2, -0.15) is 0 Å². The molecular weight excluding hydrogens is 366 g/mol. The van der Waals surface area contributed by atoms with Crippen molar-refractivity contribution in [3.63, 3.8) is 0 Å². The van der Waals surface area contributed by atoms with Crippen LogP contribution in [0.5, 0.6) is 5.75 Å². The van der Waals surface area contributed by atoms with Gasteiger partial charge in [0.1, 0.15) is 12.4 Å². The van der Waals surface area contributed by atoms with Gasteiger partial charge in [0, 0.05) is 49.7 Å². The highest BCUT2D eigenvalue weighted by molar-refractivity contribution is 6.04. The normalized spacial score (nSPS) is 19.9. The molecule has 6 heteroatoms. The molecule has 2 aliphatic rings. The van der Waals surface area contributed by atoms with E-state index in [1.54, 1.807) is 12.1 Å². The molecule has 2 aromatic rings. The number of nitrogens with one attached hydrogen (secondary N) is 1. The van der Waals surface area contributed by atoms with Gasteiger partial charge in [0.05, 0.1) is 6.10 Å². The zero-order valence-corrected chi connectivity index (χ0v) is 17.0. The second kappa shape index (κ2) is 9.29. The fourth-order valence-corrected chi connectivity index (χ4v) is 3.69. The summed E-state index contributed by atoms with van der Waals surface area (Å²) in [6.45, 7) is 5.60. The molecule has 4 rings (SSSR count). The van der Waals surface area contributed by atoms with E-state index in [9.17, 15) is 4.79 Å². The highest BCUT2D eigenvalue weighted by atomic mass is 16.5. The Balaban J connectivity index is 1.29. The molecule has 1 atom stereocenters. The molecule has 0 aliphatic carbocycles. The van der Waals surface area contributed by atoms with Crippen molar-refractivity contribution in [2.45, 2.75) is 18.9 Å². The summed E-state index contributed by atoms with van der Waals surface area (Å²) in [6, 6.07) is 15.3. The van der Waals surface area contributed by atoms with Crippen LogP contribution < -0.4 is 15.0 Å². The Hall–Kier alpha value is -2.57. The lowest BCUT2D eigenvalue weighted by atomic mass is 10.2. The number of amides is 1. The van der Waals surface area contributed by atoms with Crippen molar-refractivity contribution in [1.82, 2.24) is 4.90 Å². The third-order valence-electron chi connectivity index (χ3n) is 5.57. The van der Waals surface area contributed by atoms with E-state index in [1.165, 1.54) is 5.69 Å². The van der Waals surface area contributed by atoms with Crippen LogP contribution in [0.3, 0.4) is 0 Å². The van der Waals surface area contributed by atoms with E-state index >= 15 is 0 Å². The third-order valence-corrected chi connectivity index (χ3v) is 5.57. The van der Waals surface area contributed by atoms with E-state index in [1.807, 2.05) is 24.3 Å². The summed E-state index contributed by atoms with van der Waals surface area (Å²) in [6.07, 6.45) is 2.34. The first-order valence-electron chi connectivity index (χ1n) is 10.4. The molecule has 1 N–H and O–H groups in total. The highest BCUT2D eigenvalue weighted by Gasteiger charge is 2.16. The van der Waals surface area contributed by atoms with E-state index in [4.69, 9.17) is 9.47 Å². The maximum Gasteiger partial charge on any atom is 0.255 e. The van der Waals surface area contributed by atoms with Crippen molar-refractivity contribution in [2.75, 3.05) is 56.7 Å². The molecule has 0 saturated carbocycles. The predicted octanol–water partition coefficient (Wildman–Crippen LogP) is 3.25. The van der Waals surface area contributed by atoms with Gasteiger partial charge in [-0.25, -0.2) is 0 Å². The van der Waals surface area contributed by atoms with Crippen LogP contribution in [0.2, 0.25) is 0 Å². The van der Waals surface area contributed by atoms with Gasteiger partial charge in [0.25, 0.3) is 5.91 Å². The number of hydrogen-bond acceptors (Lipinski definition) is 5. The van der Waals surface area contributed by atoms with E-state index in [-0.39, 0.29) is 12.0 Å².